The van der Waals surface area contributed by atoms with Crippen molar-refractivity contribution in [2.45, 2.75) is 19.0 Å². The molecule has 0 aliphatic rings. The Labute approximate surface area is 184 Å². The number of carbonyl (C=O) groups excluding carboxylic acids is 1. The van der Waals surface area contributed by atoms with Crippen LogP contribution in [0.5, 0.6) is 5.75 Å². The van der Waals surface area contributed by atoms with Gasteiger partial charge in [-0.3, -0.25) is 9.36 Å². The van der Waals surface area contributed by atoms with Gasteiger partial charge in [-0.15, -0.1) is 15.3 Å². The summed E-state index contributed by atoms with van der Waals surface area (Å²) >= 11 is 1.31. The van der Waals surface area contributed by atoms with E-state index >= 15 is 0 Å². The molecular formula is C22H22N6O2S. The maximum absolute atomic E-state index is 12.6. The van der Waals surface area contributed by atoms with E-state index in [0.717, 1.165) is 28.5 Å². The molecule has 0 unspecified atom stereocenters. The molecule has 9 heteroatoms. The molecule has 8 nitrogen and oxygen atoms in total. The lowest BCUT2D eigenvalue weighted by Crippen LogP contribution is -2.16. The number of thioether (sulfide) groups is 1. The minimum absolute atomic E-state index is 0.163. The first-order valence-corrected chi connectivity index (χ1v) is 10.6. The largest absolute Gasteiger partial charge is 0.497 e. The quantitative estimate of drug-likeness (QED) is 0.445. The highest BCUT2D eigenvalue weighted by molar-refractivity contribution is 7.99. The van der Waals surface area contributed by atoms with E-state index in [2.05, 4.69) is 20.6 Å². The summed E-state index contributed by atoms with van der Waals surface area (Å²) < 4.78 is 8.96. The molecule has 1 amide bonds. The van der Waals surface area contributed by atoms with Crippen molar-refractivity contribution < 1.29 is 9.53 Å². The number of nitrogens with zero attached hydrogens (tertiary/aromatic N) is 5. The van der Waals surface area contributed by atoms with Crippen LogP contribution in [-0.2, 0) is 4.79 Å². The third-order valence-electron chi connectivity index (χ3n) is 4.61. The SMILES string of the molecule is COc1cccc(-n2c(C)nnc2SCC(=O)Nc2nn(-c3ccccc3)cc2C)c1. The predicted molar refractivity (Wildman–Crippen MR) is 120 cm³/mol. The van der Waals surface area contributed by atoms with Crippen molar-refractivity contribution in [1.29, 1.82) is 0 Å². The first kappa shape index (κ1) is 20.7. The van der Waals surface area contributed by atoms with Crippen molar-refractivity contribution in [3.8, 4) is 17.1 Å². The highest BCUT2D eigenvalue weighted by atomic mass is 32.2. The zero-order valence-corrected chi connectivity index (χ0v) is 18.3. The summed E-state index contributed by atoms with van der Waals surface area (Å²) in [5, 5.41) is 16.4. The van der Waals surface area contributed by atoms with Gasteiger partial charge in [0.1, 0.15) is 11.6 Å². The number of aromatic nitrogens is 5. The van der Waals surface area contributed by atoms with Gasteiger partial charge in [0.2, 0.25) is 5.91 Å². The van der Waals surface area contributed by atoms with Crippen molar-refractivity contribution >= 4 is 23.5 Å². The molecule has 0 spiro atoms. The fraction of sp³-hybridized carbons (Fsp3) is 0.182. The Morgan fingerprint density at radius 3 is 2.61 bits per heavy atom. The number of carbonyl (C=O) groups is 1. The second-order valence-electron chi connectivity index (χ2n) is 6.84. The van der Waals surface area contributed by atoms with Crippen molar-refractivity contribution in [1.82, 2.24) is 24.5 Å². The number of para-hydroxylation sites is 1. The zero-order chi connectivity index (χ0) is 21.8. The standard InChI is InChI=1S/C22H22N6O2S/c1-15-13-27(17-8-5-4-6-9-17)26-21(15)23-20(29)14-31-22-25-24-16(2)28(22)18-10-7-11-19(12-18)30-3/h4-13H,14H2,1-3H3,(H,23,26,29). The zero-order valence-electron chi connectivity index (χ0n) is 17.4. The monoisotopic (exact) mass is 434 g/mol. The van der Waals surface area contributed by atoms with Gasteiger partial charge in [0.05, 0.1) is 24.2 Å². The van der Waals surface area contributed by atoms with Gasteiger partial charge in [0, 0.05) is 17.8 Å². The molecule has 0 radical (unpaired) electrons. The first-order valence-electron chi connectivity index (χ1n) is 9.66. The normalized spacial score (nSPS) is 10.8. The molecule has 0 bridgehead atoms. The van der Waals surface area contributed by atoms with Crippen molar-refractivity contribution in [2.75, 3.05) is 18.2 Å². The van der Waals surface area contributed by atoms with E-state index in [1.54, 1.807) is 11.8 Å². The van der Waals surface area contributed by atoms with Crippen LogP contribution in [0, 0.1) is 13.8 Å². The number of ether oxygens (including phenoxy) is 1. The molecule has 1 N–H and O–H groups in total. The second kappa shape index (κ2) is 9.05. The number of amides is 1. The Morgan fingerprint density at radius 1 is 1.06 bits per heavy atom. The Bertz CT molecular complexity index is 1200. The summed E-state index contributed by atoms with van der Waals surface area (Å²) in [4.78, 5) is 12.6. The molecule has 4 aromatic rings. The van der Waals surface area contributed by atoms with Crippen LogP contribution in [0.25, 0.3) is 11.4 Å². The van der Waals surface area contributed by atoms with Crippen LogP contribution in [0.3, 0.4) is 0 Å². The highest BCUT2D eigenvalue weighted by Gasteiger charge is 2.15. The summed E-state index contributed by atoms with van der Waals surface area (Å²) in [6.45, 7) is 3.79. The van der Waals surface area contributed by atoms with Gasteiger partial charge < -0.3 is 10.1 Å². The molecular weight excluding hydrogens is 412 g/mol. The summed E-state index contributed by atoms with van der Waals surface area (Å²) in [7, 11) is 1.62. The molecule has 0 atom stereocenters. The summed E-state index contributed by atoms with van der Waals surface area (Å²) in [5.74, 6) is 2.03. The van der Waals surface area contributed by atoms with E-state index in [1.165, 1.54) is 11.8 Å². The molecule has 0 fully saturated rings. The van der Waals surface area contributed by atoms with E-state index in [4.69, 9.17) is 4.74 Å². The fourth-order valence-corrected chi connectivity index (χ4v) is 3.88. The third-order valence-corrected chi connectivity index (χ3v) is 5.54. The van der Waals surface area contributed by atoms with Crippen molar-refractivity contribution in [2.24, 2.45) is 0 Å². The molecule has 0 saturated carbocycles. The maximum atomic E-state index is 12.6. The summed E-state index contributed by atoms with van der Waals surface area (Å²) in [6.07, 6.45) is 1.89. The lowest BCUT2D eigenvalue weighted by molar-refractivity contribution is -0.113. The van der Waals surface area contributed by atoms with Gasteiger partial charge in [-0.25, -0.2) is 4.68 Å². The van der Waals surface area contributed by atoms with Crippen LogP contribution in [0.1, 0.15) is 11.4 Å². The summed E-state index contributed by atoms with van der Waals surface area (Å²) in [6, 6.07) is 17.4. The van der Waals surface area contributed by atoms with Gasteiger partial charge >= 0.3 is 0 Å². The molecule has 2 aromatic carbocycles. The number of hydrogen-bond donors (Lipinski definition) is 1. The maximum Gasteiger partial charge on any atom is 0.236 e. The average Bonchev–Trinajstić information content (AvgIpc) is 3.35. The number of rotatable bonds is 7. The lowest BCUT2D eigenvalue weighted by Gasteiger charge is -2.10. The smallest absolute Gasteiger partial charge is 0.236 e. The van der Waals surface area contributed by atoms with Gasteiger partial charge in [0.25, 0.3) is 0 Å². The van der Waals surface area contributed by atoms with Crippen LogP contribution in [0.2, 0.25) is 0 Å². The Balaban J connectivity index is 1.45. The van der Waals surface area contributed by atoms with Crippen molar-refractivity contribution in [3.63, 3.8) is 0 Å². The van der Waals surface area contributed by atoms with E-state index in [9.17, 15) is 4.79 Å². The van der Waals surface area contributed by atoms with Gasteiger partial charge in [-0.05, 0) is 38.1 Å². The molecule has 2 heterocycles. The van der Waals surface area contributed by atoms with E-state index in [0.29, 0.717) is 11.0 Å². The Hall–Kier alpha value is -3.59. The molecule has 31 heavy (non-hydrogen) atoms. The van der Waals surface area contributed by atoms with E-state index < -0.39 is 0 Å². The second-order valence-corrected chi connectivity index (χ2v) is 7.79. The number of aryl methyl sites for hydroxylation is 2. The van der Waals surface area contributed by atoms with Gasteiger partial charge in [-0.2, -0.15) is 0 Å². The molecule has 2 aromatic heterocycles. The fourth-order valence-electron chi connectivity index (χ4n) is 3.08. The molecule has 4 rings (SSSR count). The molecule has 0 saturated heterocycles. The molecule has 158 valence electrons. The Kier molecular flexibility index (Phi) is 6.03. The molecule has 0 aliphatic carbocycles. The van der Waals surface area contributed by atoms with Gasteiger partial charge in [-0.1, -0.05) is 36.0 Å². The molecule has 0 aliphatic heterocycles. The van der Waals surface area contributed by atoms with Crippen LogP contribution >= 0.6 is 11.8 Å². The average molecular weight is 435 g/mol. The highest BCUT2D eigenvalue weighted by Crippen LogP contribution is 2.25. The topological polar surface area (TPSA) is 86.9 Å². The van der Waals surface area contributed by atoms with Crippen LogP contribution in [0.15, 0.2) is 66.0 Å². The van der Waals surface area contributed by atoms with Crippen LogP contribution in [-0.4, -0.2) is 43.3 Å². The van der Waals surface area contributed by atoms with E-state index in [1.807, 2.05) is 79.2 Å². The van der Waals surface area contributed by atoms with Crippen LogP contribution < -0.4 is 10.1 Å². The minimum atomic E-state index is -0.163. The number of nitrogens with one attached hydrogen (secondary N) is 1. The lowest BCUT2D eigenvalue weighted by atomic mass is 10.3. The summed E-state index contributed by atoms with van der Waals surface area (Å²) in [5.41, 5.74) is 2.70. The number of methoxy groups -OCH3 is 1. The van der Waals surface area contributed by atoms with E-state index in [-0.39, 0.29) is 11.7 Å². The number of benzene rings is 2. The third kappa shape index (κ3) is 4.61. The predicted octanol–water partition coefficient (Wildman–Crippen LogP) is 3.81. The van der Waals surface area contributed by atoms with Gasteiger partial charge in [0.15, 0.2) is 11.0 Å². The minimum Gasteiger partial charge on any atom is -0.497 e. The van der Waals surface area contributed by atoms with Crippen molar-refractivity contribution in [3.05, 3.63) is 72.2 Å². The van der Waals surface area contributed by atoms with Crippen LogP contribution in [0.4, 0.5) is 5.82 Å². The first-order chi connectivity index (χ1) is 15.0. The number of hydrogen-bond acceptors (Lipinski definition) is 6. The number of anilines is 1. The Morgan fingerprint density at radius 2 is 1.84 bits per heavy atom.